The lowest BCUT2D eigenvalue weighted by atomic mass is 10.1. The zero-order valence-corrected chi connectivity index (χ0v) is 9.32. The van der Waals surface area contributed by atoms with Gasteiger partial charge in [-0.3, -0.25) is 4.79 Å². The maximum absolute atomic E-state index is 12.9. The van der Waals surface area contributed by atoms with Crippen LogP contribution in [-0.4, -0.2) is 28.9 Å². The molecule has 1 aromatic rings. The van der Waals surface area contributed by atoms with Crippen LogP contribution in [0.2, 0.25) is 0 Å². The maximum atomic E-state index is 12.9. The topological polar surface area (TPSA) is 33.2 Å². The highest BCUT2D eigenvalue weighted by Gasteiger charge is 2.26. The van der Waals surface area contributed by atoms with Crippen molar-refractivity contribution in [3.05, 3.63) is 29.8 Å². The van der Waals surface area contributed by atoms with Crippen LogP contribution in [0.25, 0.3) is 0 Å². The van der Waals surface area contributed by atoms with Crippen LogP contribution in [0.4, 0.5) is 4.39 Å². The predicted molar refractivity (Wildman–Crippen MR) is 58.5 cm³/mol. The molecule has 2 rings (SSSR count). The van der Waals surface area contributed by atoms with E-state index < -0.39 is 5.95 Å². The van der Waals surface area contributed by atoms with Crippen molar-refractivity contribution in [2.24, 2.45) is 5.92 Å². The third-order valence-corrected chi connectivity index (χ3v) is 3.08. The number of amides is 1. The third-order valence-electron chi connectivity index (χ3n) is 3.08. The molecule has 1 aromatic heterocycles. The molecular formula is C12H15FN2O. The second-order valence-corrected chi connectivity index (χ2v) is 4.16. The molecule has 0 radical (unpaired) electrons. The minimum Gasteiger partial charge on any atom is -0.337 e. The van der Waals surface area contributed by atoms with Crippen LogP contribution < -0.4 is 0 Å². The van der Waals surface area contributed by atoms with Crippen molar-refractivity contribution in [3.63, 3.8) is 0 Å². The number of hydrogen-bond donors (Lipinski definition) is 0. The molecule has 1 fully saturated rings. The van der Waals surface area contributed by atoms with E-state index in [1.165, 1.54) is 12.1 Å². The van der Waals surface area contributed by atoms with E-state index >= 15 is 0 Å². The molecule has 1 aliphatic heterocycles. The van der Waals surface area contributed by atoms with E-state index in [2.05, 4.69) is 11.9 Å². The Morgan fingerprint density at radius 3 is 3.06 bits per heavy atom. The van der Waals surface area contributed by atoms with E-state index in [4.69, 9.17) is 0 Å². The molecule has 0 N–H and O–H groups in total. The van der Waals surface area contributed by atoms with Crippen LogP contribution in [0.5, 0.6) is 0 Å². The minimum atomic E-state index is -0.600. The van der Waals surface area contributed by atoms with Crippen LogP contribution in [0.3, 0.4) is 0 Å². The molecule has 16 heavy (non-hydrogen) atoms. The van der Waals surface area contributed by atoms with Gasteiger partial charge in [-0.05, 0) is 24.5 Å². The standard InChI is InChI=1S/C12H15FN2O/c1-2-9-6-7-15(8-9)12(16)10-4-3-5-11(13)14-10/h3-5,9H,2,6-8H2,1H3. The zero-order valence-electron chi connectivity index (χ0n) is 9.32. The second kappa shape index (κ2) is 4.60. The number of pyridine rings is 1. The lowest BCUT2D eigenvalue weighted by molar-refractivity contribution is 0.0780. The Kier molecular flexibility index (Phi) is 3.17. The fourth-order valence-electron chi connectivity index (χ4n) is 2.04. The van der Waals surface area contributed by atoms with Gasteiger partial charge in [0, 0.05) is 13.1 Å². The van der Waals surface area contributed by atoms with Crippen molar-refractivity contribution in [3.8, 4) is 0 Å². The first-order chi connectivity index (χ1) is 7.70. The van der Waals surface area contributed by atoms with E-state index in [9.17, 15) is 9.18 Å². The summed E-state index contributed by atoms with van der Waals surface area (Å²) in [5.41, 5.74) is 0.205. The molecule has 3 nitrogen and oxygen atoms in total. The maximum Gasteiger partial charge on any atom is 0.272 e. The van der Waals surface area contributed by atoms with Gasteiger partial charge >= 0.3 is 0 Å². The molecule has 4 heteroatoms. The molecule has 1 atom stereocenters. The van der Waals surface area contributed by atoms with Crippen LogP contribution in [0.1, 0.15) is 30.3 Å². The Balaban J connectivity index is 2.08. The number of carbonyl (C=O) groups is 1. The number of nitrogens with zero attached hydrogens (tertiary/aromatic N) is 2. The Bertz CT molecular complexity index is 394. The van der Waals surface area contributed by atoms with E-state index in [0.29, 0.717) is 5.92 Å². The highest BCUT2D eigenvalue weighted by molar-refractivity contribution is 5.92. The Morgan fingerprint density at radius 1 is 1.62 bits per heavy atom. The summed E-state index contributed by atoms with van der Waals surface area (Å²) in [6, 6.07) is 4.32. The lowest BCUT2D eigenvalue weighted by Crippen LogP contribution is -2.29. The van der Waals surface area contributed by atoms with Crippen LogP contribution in [0, 0.1) is 11.9 Å². The summed E-state index contributed by atoms with van der Waals surface area (Å²) in [5.74, 6) is -0.176. The quantitative estimate of drug-likeness (QED) is 0.718. The predicted octanol–water partition coefficient (Wildman–Crippen LogP) is 2.09. The fraction of sp³-hybridized carbons (Fsp3) is 0.500. The monoisotopic (exact) mass is 222 g/mol. The van der Waals surface area contributed by atoms with Gasteiger partial charge in [0.25, 0.3) is 5.91 Å². The average molecular weight is 222 g/mol. The highest BCUT2D eigenvalue weighted by Crippen LogP contribution is 2.20. The van der Waals surface area contributed by atoms with E-state index in [1.54, 1.807) is 11.0 Å². The van der Waals surface area contributed by atoms with Gasteiger partial charge in [-0.2, -0.15) is 4.39 Å². The lowest BCUT2D eigenvalue weighted by Gasteiger charge is -2.15. The van der Waals surface area contributed by atoms with Gasteiger partial charge in [0.2, 0.25) is 5.95 Å². The van der Waals surface area contributed by atoms with Crippen molar-refractivity contribution in [2.45, 2.75) is 19.8 Å². The Labute approximate surface area is 94.3 Å². The summed E-state index contributed by atoms with van der Waals surface area (Å²) in [6.45, 7) is 3.65. The molecule has 1 unspecified atom stereocenters. The first-order valence-corrected chi connectivity index (χ1v) is 5.62. The van der Waals surface area contributed by atoms with E-state index in [1.807, 2.05) is 0 Å². The van der Waals surface area contributed by atoms with Gasteiger partial charge in [0.1, 0.15) is 5.69 Å². The molecule has 0 aliphatic carbocycles. The van der Waals surface area contributed by atoms with Crippen LogP contribution in [0.15, 0.2) is 18.2 Å². The summed E-state index contributed by atoms with van der Waals surface area (Å²) in [7, 11) is 0. The molecule has 0 aromatic carbocycles. The van der Waals surface area contributed by atoms with Crippen molar-refractivity contribution < 1.29 is 9.18 Å². The molecular weight excluding hydrogens is 207 g/mol. The molecule has 2 heterocycles. The molecule has 1 amide bonds. The number of rotatable bonds is 2. The normalized spacial score (nSPS) is 20.1. The van der Waals surface area contributed by atoms with Gasteiger partial charge in [-0.1, -0.05) is 19.4 Å². The van der Waals surface area contributed by atoms with Crippen molar-refractivity contribution in [1.82, 2.24) is 9.88 Å². The van der Waals surface area contributed by atoms with E-state index in [-0.39, 0.29) is 11.6 Å². The molecule has 0 spiro atoms. The summed E-state index contributed by atoms with van der Waals surface area (Å²) in [5, 5.41) is 0. The van der Waals surface area contributed by atoms with Crippen molar-refractivity contribution >= 4 is 5.91 Å². The molecule has 1 aliphatic rings. The second-order valence-electron chi connectivity index (χ2n) is 4.16. The number of aromatic nitrogens is 1. The number of hydrogen-bond acceptors (Lipinski definition) is 2. The van der Waals surface area contributed by atoms with Gasteiger partial charge in [0.15, 0.2) is 0 Å². The van der Waals surface area contributed by atoms with Crippen LogP contribution in [-0.2, 0) is 0 Å². The smallest absolute Gasteiger partial charge is 0.272 e. The highest BCUT2D eigenvalue weighted by atomic mass is 19.1. The Morgan fingerprint density at radius 2 is 2.44 bits per heavy atom. The van der Waals surface area contributed by atoms with Crippen LogP contribution >= 0.6 is 0 Å². The first-order valence-electron chi connectivity index (χ1n) is 5.62. The summed E-state index contributed by atoms with van der Waals surface area (Å²) in [4.78, 5) is 17.3. The van der Waals surface area contributed by atoms with Gasteiger partial charge in [-0.15, -0.1) is 0 Å². The van der Waals surface area contributed by atoms with Crippen molar-refractivity contribution in [2.75, 3.05) is 13.1 Å². The Hall–Kier alpha value is -1.45. The van der Waals surface area contributed by atoms with Crippen molar-refractivity contribution in [1.29, 1.82) is 0 Å². The number of likely N-dealkylation sites (tertiary alicyclic amines) is 1. The molecule has 0 bridgehead atoms. The summed E-state index contributed by atoms with van der Waals surface area (Å²) < 4.78 is 12.9. The molecule has 86 valence electrons. The minimum absolute atomic E-state index is 0.157. The number of carbonyl (C=O) groups excluding carboxylic acids is 1. The summed E-state index contributed by atoms with van der Waals surface area (Å²) in [6.07, 6.45) is 2.12. The zero-order chi connectivity index (χ0) is 11.5. The molecule has 1 saturated heterocycles. The van der Waals surface area contributed by atoms with Gasteiger partial charge < -0.3 is 4.90 Å². The third kappa shape index (κ3) is 2.21. The average Bonchev–Trinajstić information content (AvgIpc) is 2.76. The largest absolute Gasteiger partial charge is 0.337 e. The number of halogens is 1. The fourth-order valence-corrected chi connectivity index (χ4v) is 2.04. The van der Waals surface area contributed by atoms with Gasteiger partial charge in [-0.25, -0.2) is 4.98 Å². The SMILES string of the molecule is CCC1CCN(C(=O)c2cccc(F)n2)C1. The van der Waals surface area contributed by atoms with Gasteiger partial charge in [0.05, 0.1) is 0 Å². The first kappa shape index (κ1) is 11.0. The molecule has 0 saturated carbocycles. The summed E-state index contributed by atoms with van der Waals surface area (Å²) >= 11 is 0. The van der Waals surface area contributed by atoms with E-state index in [0.717, 1.165) is 25.9 Å².